The second-order valence-electron chi connectivity index (χ2n) is 1.98. The number of hydrogen-bond donors (Lipinski definition) is 1. The SMILES string of the molecule is C=CCC(=O)OC(C=C)C(=O)O. The predicted molar refractivity (Wildman–Crippen MR) is 42.5 cm³/mol. The average molecular weight is 170 g/mol. The summed E-state index contributed by atoms with van der Waals surface area (Å²) in [6.07, 6.45) is 1.11. The smallest absolute Gasteiger partial charge is 0.349 e. The van der Waals surface area contributed by atoms with E-state index < -0.39 is 18.0 Å². The number of ether oxygens (including phenoxy) is 1. The number of carboxylic acid groups (broad SMARTS) is 1. The molecule has 0 fully saturated rings. The molecule has 0 aromatic carbocycles. The second kappa shape index (κ2) is 5.12. The van der Waals surface area contributed by atoms with E-state index in [0.717, 1.165) is 6.08 Å². The molecule has 1 unspecified atom stereocenters. The zero-order valence-electron chi connectivity index (χ0n) is 6.53. The highest BCUT2D eigenvalue weighted by Crippen LogP contribution is 1.97. The van der Waals surface area contributed by atoms with Crippen LogP contribution in [0.5, 0.6) is 0 Å². The molecule has 0 saturated carbocycles. The summed E-state index contributed by atoms with van der Waals surface area (Å²) in [5.41, 5.74) is 0. The van der Waals surface area contributed by atoms with Gasteiger partial charge in [0.25, 0.3) is 0 Å². The third-order valence-electron chi connectivity index (χ3n) is 1.03. The fourth-order valence-electron chi connectivity index (χ4n) is 0.507. The van der Waals surface area contributed by atoms with E-state index in [-0.39, 0.29) is 6.42 Å². The monoisotopic (exact) mass is 170 g/mol. The summed E-state index contributed by atoms with van der Waals surface area (Å²) in [5.74, 6) is -1.86. The van der Waals surface area contributed by atoms with Crippen molar-refractivity contribution in [1.82, 2.24) is 0 Å². The Balaban J connectivity index is 4.02. The van der Waals surface area contributed by atoms with Crippen LogP contribution in [0.2, 0.25) is 0 Å². The molecule has 1 atom stereocenters. The first-order valence-electron chi connectivity index (χ1n) is 3.27. The first-order valence-corrected chi connectivity index (χ1v) is 3.27. The average Bonchev–Trinajstić information content (AvgIpc) is 2.00. The minimum atomic E-state index is -1.27. The summed E-state index contributed by atoms with van der Waals surface area (Å²) in [4.78, 5) is 21.0. The lowest BCUT2D eigenvalue weighted by molar-refractivity contribution is -0.159. The van der Waals surface area contributed by atoms with Gasteiger partial charge < -0.3 is 9.84 Å². The summed E-state index contributed by atoms with van der Waals surface area (Å²) >= 11 is 0. The Morgan fingerprint density at radius 3 is 2.42 bits per heavy atom. The van der Waals surface area contributed by atoms with Crippen molar-refractivity contribution in [3.05, 3.63) is 25.3 Å². The van der Waals surface area contributed by atoms with Gasteiger partial charge in [0, 0.05) is 0 Å². The maximum absolute atomic E-state index is 10.7. The molecule has 0 aliphatic rings. The second-order valence-corrected chi connectivity index (χ2v) is 1.98. The van der Waals surface area contributed by atoms with Gasteiger partial charge in [-0.05, 0) is 6.08 Å². The predicted octanol–water partition coefficient (Wildman–Crippen LogP) is 0.745. The summed E-state index contributed by atoms with van der Waals surface area (Å²) in [6.45, 7) is 6.52. The van der Waals surface area contributed by atoms with Gasteiger partial charge in [0.2, 0.25) is 6.10 Å². The number of rotatable bonds is 5. The van der Waals surface area contributed by atoms with Gasteiger partial charge in [-0.15, -0.1) is 6.58 Å². The summed E-state index contributed by atoms with van der Waals surface area (Å²) in [7, 11) is 0. The number of aliphatic carboxylic acids is 1. The highest BCUT2D eigenvalue weighted by atomic mass is 16.6. The van der Waals surface area contributed by atoms with E-state index in [2.05, 4.69) is 17.9 Å². The number of hydrogen-bond acceptors (Lipinski definition) is 3. The van der Waals surface area contributed by atoms with Gasteiger partial charge in [-0.3, -0.25) is 4.79 Å². The minimum Gasteiger partial charge on any atom is -0.478 e. The molecule has 0 aliphatic heterocycles. The Morgan fingerprint density at radius 2 is 2.08 bits per heavy atom. The summed E-state index contributed by atoms with van der Waals surface area (Å²) < 4.78 is 4.47. The highest BCUT2D eigenvalue weighted by Gasteiger charge is 2.16. The molecule has 0 amide bonds. The molecule has 12 heavy (non-hydrogen) atoms. The van der Waals surface area contributed by atoms with Crippen LogP contribution in [-0.4, -0.2) is 23.1 Å². The normalized spacial score (nSPS) is 11.3. The van der Waals surface area contributed by atoms with Gasteiger partial charge in [-0.25, -0.2) is 4.79 Å². The van der Waals surface area contributed by atoms with Crippen LogP contribution in [0.15, 0.2) is 25.3 Å². The maximum atomic E-state index is 10.7. The van der Waals surface area contributed by atoms with E-state index in [1.807, 2.05) is 0 Å². The Labute approximate surface area is 70.1 Å². The van der Waals surface area contributed by atoms with E-state index >= 15 is 0 Å². The molecule has 0 aliphatic carbocycles. The van der Waals surface area contributed by atoms with E-state index in [0.29, 0.717) is 0 Å². The van der Waals surface area contributed by atoms with Crippen molar-refractivity contribution >= 4 is 11.9 Å². The first-order chi connectivity index (χ1) is 5.61. The Hall–Kier alpha value is -1.58. The molecule has 0 saturated heterocycles. The lowest BCUT2D eigenvalue weighted by Gasteiger charge is -2.07. The molecule has 0 spiro atoms. The van der Waals surface area contributed by atoms with Gasteiger partial charge in [-0.2, -0.15) is 0 Å². The van der Waals surface area contributed by atoms with Crippen LogP contribution in [0.3, 0.4) is 0 Å². The zero-order chi connectivity index (χ0) is 9.56. The fraction of sp³-hybridized carbons (Fsp3) is 0.250. The Morgan fingerprint density at radius 1 is 1.50 bits per heavy atom. The van der Waals surface area contributed by atoms with Crippen LogP contribution in [-0.2, 0) is 14.3 Å². The third-order valence-corrected chi connectivity index (χ3v) is 1.03. The Kier molecular flexibility index (Phi) is 4.45. The summed E-state index contributed by atoms with van der Waals surface area (Å²) in [6, 6.07) is 0. The van der Waals surface area contributed by atoms with E-state index in [1.54, 1.807) is 0 Å². The number of carboxylic acids is 1. The molecule has 4 heteroatoms. The van der Waals surface area contributed by atoms with Crippen LogP contribution in [0, 0.1) is 0 Å². The van der Waals surface area contributed by atoms with Crippen molar-refractivity contribution in [2.24, 2.45) is 0 Å². The first kappa shape index (κ1) is 10.4. The quantitative estimate of drug-likeness (QED) is 0.488. The van der Waals surface area contributed by atoms with Gasteiger partial charge in [0.05, 0.1) is 6.42 Å². The molecular weight excluding hydrogens is 160 g/mol. The molecule has 66 valence electrons. The van der Waals surface area contributed by atoms with Crippen LogP contribution >= 0.6 is 0 Å². The molecule has 0 aromatic heterocycles. The molecular formula is C8H10O4. The van der Waals surface area contributed by atoms with Gasteiger partial charge >= 0.3 is 11.9 Å². The number of carbonyl (C=O) groups excluding carboxylic acids is 1. The molecule has 0 bridgehead atoms. The van der Waals surface area contributed by atoms with Crippen LogP contribution in [0.25, 0.3) is 0 Å². The van der Waals surface area contributed by atoms with Crippen molar-refractivity contribution in [2.45, 2.75) is 12.5 Å². The van der Waals surface area contributed by atoms with E-state index in [9.17, 15) is 9.59 Å². The topological polar surface area (TPSA) is 63.6 Å². The van der Waals surface area contributed by atoms with Crippen molar-refractivity contribution < 1.29 is 19.4 Å². The lowest BCUT2D eigenvalue weighted by Crippen LogP contribution is -2.24. The van der Waals surface area contributed by atoms with Crippen molar-refractivity contribution in [3.8, 4) is 0 Å². The largest absolute Gasteiger partial charge is 0.478 e. The van der Waals surface area contributed by atoms with Crippen LogP contribution in [0.4, 0.5) is 0 Å². The van der Waals surface area contributed by atoms with E-state index in [4.69, 9.17) is 5.11 Å². The fourth-order valence-corrected chi connectivity index (χ4v) is 0.507. The molecule has 1 N–H and O–H groups in total. The van der Waals surface area contributed by atoms with Crippen LogP contribution < -0.4 is 0 Å². The minimum absolute atomic E-state index is 0.00236. The number of esters is 1. The third kappa shape index (κ3) is 3.55. The standard InChI is InChI=1S/C8H10O4/c1-3-5-7(9)12-6(4-2)8(10)11/h3-4,6H,1-2,5H2,(H,10,11). The molecule has 0 heterocycles. The maximum Gasteiger partial charge on any atom is 0.349 e. The Bertz CT molecular complexity index is 207. The van der Waals surface area contributed by atoms with Gasteiger partial charge in [0.1, 0.15) is 0 Å². The van der Waals surface area contributed by atoms with Crippen molar-refractivity contribution in [1.29, 1.82) is 0 Å². The van der Waals surface area contributed by atoms with E-state index in [1.165, 1.54) is 6.08 Å². The van der Waals surface area contributed by atoms with Gasteiger partial charge in [0.15, 0.2) is 0 Å². The highest BCUT2D eigenvalue weighted by molar-refractivity contribution is 5.80. The molecule has 0 rings (SSSR count). The molecule has 0 radical (unpaired) electrons. The van der Waals surface area contributed by atoms with Crippen molar-refractivity contribution in [2.75, 3.05) is 0 Å². The molecule has 0 aromatic rings. The number of carbonyl (C=O) groups is 2. The lowest BCUT2D eigenvalue weighted by atomic mass is 10.3. The summed E-state index contributed by atoms with van der Waals surface area (Å²) in [5, 5.41) is 8.42. The van der Waals surface area contributed by atoms with Gasteiger partial charge in [-0.1, -0.05) is 12.7 Å². The van der Waals surface area contributed by atoms with Crippen LogP contribution in [0.1, 0.15) is 6.42 Å². The molecule has 4 nitrogen and oxygen atoms in total. The van der Waals surface area contributed by atoms with Crippen molar-refractivity contribution in [3.63, 3.8) is 0 Å². The zero-order valence-corrected chi connectivity index (χ0v) is 6.53.